The Balaban J connectivity index is 2.22. The van der Waals surface area contributed by atoms with Crippen LogP contribution in [0.25, 0.3) is 0 Å². The summed E-state index contributed by atoms with van der Waals surface area (Å²) in [6, 6.07) is 5.41. The zero-order chi connectivity index (χ0) is 10.7. The van der Waals surface area contributed by atoms with Gasteiger partial charge in [0, 0.05) is 22.3 Å². The summed E-state index contributed by atoms with van der Waals surface area (Å²) >= 11 is 7.40. The van der Waals surface area contributed by atoms with E-state index >= 15 is 0 Å². The van der Waals surface area contributed by atoms with Crippen LogP contribution in [0.2, 0.25) is 5.02 Å². The summed E-state index contributed by atoms with van der Waals surface area (Å²) in [7, 11) is 0. The van der Waals surface area contributed by atoms with E-state index in [0.29, 0.717) is 10.6 Å². The first-order valence-corrected chi connectivity index (χ1v) is 5.61. The molecule has 15 heavy (non-hydrogen) atoms. The second kappa shape index (κ2) is 4.61. The van der Waals surface area contributed by atoms with Crippen LogP contribution in [-0.2, 0) is 6.61 Å². The number of benzene rings is 1. The highest BCUT2D eigenvalue weighted by atomic mass is 35.5. The van der Waals surface area contributed by atoms with Gasteiger partial charge in [-0.2, -0.15) is 0 Å². The maximum absolute atomic E-state index is 9.04. The van der Waals surface area contributed by atoms with Crippen LogP contribution in [-0.4, -0.2) is 10.1 Å². The average Bonchev–Trinajstić information content (AvgIpc) is 2.73. The maximum atomic E-state index is 9.04. The number of hydrogen-bond donors (Lipinski definition) is 2. The van der Waals surface area contributed by atoms with Crippen molar-refractivity contribution in [1.29, 1.82) is 0 Å². The van der Waals surface area contributed by atoms with Gasteiger partial charge in [0.05, 0.1) is 6.61 Å². The van der Waals surface area contributed by atoms with E-state index in [2.05, 4.69) is 10.3 Å². The molecule has 0 fully saturated rings. The number of nitrogens with zero attached hydrogens (tertiary/aromatic N) is 1. The number of hydrogen-bond acceptors (Lipinski definition) is 4. The number of rotatable bonds is 3. The quantitative estimate of drug-likeness (QED) is 0.867. The lowest BCUT2D eigenvalue weighted by molar-refractivity contribution is 0.282. The summed E-state index contributed by atoms with van der Waals surface area (Å²) in [6.07, 6.45) is 1.73. The van der Waals surface area contributed by atoms with Gasteiger partial charge < -0.3 is 10.4 Å². The first-order chi connectivity index (χ1) is 7.29. The molecule has 1 aromatic carbocycles. The van der Waals surface area contributed by atoms with Gasteiger partial charge >= 0.3 is 0 Å². The predicted molar refractivity (Wildman–Crippen MR) is 62.8 cm³/mol. The fourth-order valence-corrected chi connectivity index (χ4v) is 1.91. The van der Waals surface area contributed by atoms with Crippen LogP contribution in [0.3, 0.4) is 0 Å². The Hall–Kier alpha value is -1.10. The third-order valence-electron chi connectivity index (χ3n) is 1.90. The summed E-state index contributed by atoms with van der Waals surface area (Å²) in [6.45, 7) is -0.0633. The Morgan fingerprint density at radius 2 is 2.33 bits per heavy atom. The van der Waals surface area contributed by atoms with Gasteiger partial charge in [0.2, 0.25) is 0 Å². The number of aliphatic hydroxyl groups excluding tert-OH is 1. The van der Waals surface area contributed by atoms with Gasteiger partial charge in [0.15, 0.2) is 5.13 Å². The van der Waals surface area contributed by atoms with Crippen molar-refractivity contribution in [3.8, 4) is 0 Å². The number of thiazole rings is 1. The molecule has 78 valence electrons. The summed E-state index contributed by atoms with van der Waals surface area (Å²) in [5.41, 5.74) is 1.58. The normalized spacial score (nSPS) is 10.3. The van der Waals surface area contributed by atoms with Gasteiger partial charge in [-0.15, -0.1) is 11.3 Å². The van der Waals surface area contributed by atoms with Crippen LogP contribution in [0.1, 0.15) is 5.56 Å². The molecule has 0 unspecified atom stereocenters. The Bertz CT molecular complexity index is 445. The largest absolute Gasteiger partial charge is 0.392 e. The topological polar surface area (TPSA) is 45.1 Å². The van der Waals surface area contributed by atoms with Crippen LogP contribution >= 0.6 is 22.9 Å². The zero-order valence-corrected chi connectivity index (χ0v) is 9.35. The third-order valence-corrected chi connectivity index (χ3v) is 2.96. The van der Waals surface area contributed by atoms with Crippen molar-refractivity contribution in [2.24, 2.45) is 0 Å². The number of aromatic nitrogens is 1. The fourth-order valence-electron chi connectivity index (χ4n) is 1.18. The van der Waals surface area contributed by atoms with Crippen molar-refractivity contribution in [2.45, 2.75) is 6.61 Å². The highest BCUT2D eigenvalue weighted by molar-refractivity contribution is 7.13. The summed E-state index contributed by atoms with van der Waals surface area (Å²) in [4.78, 5) is 4.10. The van der Waals surface area contributed by atoms with Gasteiger partial charge in [-0.25, -0.2) is 4.98 Å². The molecule has 3 nitrogen and oxygen atoms in total. The van der Waals surface area contributed by atoms with Crippen molar-refractivity contribution in [3.05, 3.63) is 40.4 Å². The Morgan fingerprint density at radius 3 is 3.00 bits per heavy atom. The van der Waals surface area contributed by atoms with E-state index in [1.54, 1.807) is 12.3 Å². The van der Waals surface area contributed by atoms with Crippen molar-refractivity contribution >= 4 is 33.8 Å². The van der Waals surface area contributed by atoms with Gasteiger partial charge in [0.25, 0.3) is 0 Å². The molecule has 1 aromatic heterocycles. The van der Waals surface area contributed by atoms with E-state index in [9.17, 15) is 0 Å². The molecular formula is C10H9ClN2OS. The van der Waals surface area contributed by atoms with Gasteiger partial charge in [-0.1, -0.05) is 11.6 Å². The maximum Gasteiger partial charge on any atom is 0.187 e. The molecule has 2 rings (SSSR count). The number of aliphatic hydroxyl groups is 1. The molecule has 2 aromatic rings. The molecule has 0 bridgehead atoms. The van der Waals surface area contributed by atoms with Crippen LogP contribution in [0.5, 0.6) is 0 Å². The fraction of sp³-hybridized carbons (Fsp3) is 0.100. The standard InChI is InChI=1S/C10H9ClN2OS/c11-9-2-1-8(5-7(9)6-14)13-10-12-3-4-15-10/h1-5,14H,6H2,(H,12,13). The summed E-state index contributed by atoms with van der Waals surface area (Å²) in [5, 5.41) is 15.5. The second-order valence-corrected chi connectivity index (χ2v) is 4.23. The zero-order valence-electron chi connectivity index (χ0n) is 7.77. The van der Waals surface area contributed by atoms with Crippen molar-refractivity contribution in [2.75, 3.05) is 5.32 Å². The van der Waals surface area contributed by atoms with Crippen LogP contribution < -0.4 is 5.32 Å². The van der Waals surface area contributed by atoms with E-state index in [-0.39, 0.29) is 6.61 Å². The summed E-state index contributed by atoms with van der Waals surface area (Å²) < 4.78 is 0. The minimum Gasteiger partial charge on any atom is -0.392 e. The molecule has 5 heteroatoms. The Kier molecular flexibility index (Phi) is 3.20. The third kappa shape index (κ3) is 2.47. The monoisotopic (exact) mass is 240 g/mol. The van der Waals surface area contributed by atoms with E-state index < -0.39 is 0 Å². The SMILES string of the molecule is OCc1cc(Nc2nccs2)ccc1Cl. The van der Waals surface area contributed by atoms with E-state index in [0.717, 1.165) is 10.8 Å². The molecule has 0 atom stereocenters. The molecule has 2 N–H and O–H groups in total. The van der Waals surface area contributed by atoms with Crippen LogP contribution in [0, 0.1) is 0 Å². The molecule has 0 spiro atoms. The van der Waals surface area contributed by atoms with Gasteiger partial charge in [-0.05, 0) is 23.8 Å². The van der Waals surface area contributed by atoms with E-state index in [4.69, 9.17) is 16.7 Å². The Labute approximate surface area is 96.4 Å². The molecular weight excluding hydrogens is 232 g/mol. The molecule has 0 radical (unpaired) electrons. The van der Waals surface area contributed by atoms with E-state index in [1.165, 1.54) is 11.3 Å². The molecule has 0 aliphatic rings. The number of anilines is 2. The molecule has 0 amide bonds. The number of nitrogens with one attached hydrogen (secondary N) is 1. The highest BCUT2D eigenvalue weighted by Gasteiger charge is 2.02. The lowest BCUT2D eigenvalue weighted by atomic mass is 10.2. The molecule has 0 aliphatic carbocycles. The van der Waals surface area contributed by atoms with Gasteiger partial charge in [-0.3, -0.25) is 0 Å². The minimum atomic E-state index is -0.0633. The lowest BCUT2D eigenvalue weighted by Crippen LogP contribution is -1.92. The van der Waals surface area contributed by atoms with Crippen molar-refractivity contribution < 1.29 is 5.11 Å². The average molecular weight is 241 g/mol. The summed E-state index contributed by atoms with van der Waals surface area (Å²) in [5.74, 6) is 0. The van der Waals surface area contributed by atoms with Crippen LogP contribution in [0.4, 0.5) is 10.8 Å². The molecule has 0 aliphatic heterocycles. The van der Waals surface area contributed by atoms with Gasteiger partial charge in [0.1, 0.15) is 0 Å². The minimum absolute atomic E-state index is 0.0633. The second-order valence-electron chi connectivity index (χ2n) is 2.93. The van der Waals surface area contributed by atoms with Crippen molar-refractivity contribution in [3.63, 3.8) is 0 Å². The molecule has 1 heterocycles. The first kappa shape index (κ1) is 10.4. The van der Waals surface area contributed by atoms with E-state index in [1.807, 2.05) is 17.5 Å². The predicted octanol–water partition coefficient (Wildman–Crippen LogP) is 3.03. The Morgan fingerprint density at radius 1 is 1.47 bits per heavy atom. The highest BCUT2D eigenvalue weighted by Crippen LogP contribution is 2.24. The first-order valence-electron chi connectivity index (χ1n) is 4.35. The molecule has 0 saturated heterocycles. The van der Waals surface area contributed by atoms with Crippen LogP contribution in [0.15, 0.2) is 29.8 Å². The number of halogens is 1. The van der Waals surface area contributed by atoms with Crippen molar-refractivity contribution in [1.82, 2.24) is 4.98 Å². The lowest BCUT2D eigenvalue weighted by Gasteiger charge is -2.05. The molecule has 0 saturated carbocycles. The smallest absolute Gasteiger partial charge is 0.187 e.